The SMILES string of the molecule is Cc1cc(C)c(/C=C2\C(=O)Nc3ccc(-c4n[nH]c5ccccc45)cc32)[nH]1. The highest BCUT2D eigenvalue weighted by Gasteiger charge is 2.25. The molecule has 5 heteroatoms. The van der Waals surface area contributed by atoms with Gasteiger partial charge < -0.3 is 10.3 Å². The van der Waals surface area contributed by atoms with Crippen molar-refractivity contribution in [2.45, 2.75) is 13.8 Å². The molecule has 0 unspecified atom stereocenters. The van der Waals surface area contributed by atoms with Crippen LogP contribution in [0, 0.1) is 13.8 Å². The maximum atomic E-state index is 12.5. The summed E-state index contributed by atoms with van der Waals surface area (Å²) in [5.74, 6) is -0.0827. The Morgan fingerprint density at radius 3 is 2.70 bits per heavy atom. The summed E-state index contributed by atoms with van der Waals surface area (Å²) in [7, 11) is 0. The Labute approximate surface area is 156 Å². The molecule has 3 N–H and O–H groups in total. The van der Waals surface area contributed by atoms with E-state index in [9.17, 15) is 4.79 Å². The predicted molar refractivity (Wildman–Crippen MR) is 108 cm³/mol. The number of anilines is 1. The van der Waals surface area contributed by atoms with Gasteiger partial charge in [0, 0.05) is 33.6 Å². The van der Waals surface area contributed by atoms with Crippen LogP contribution < -0.4 is 5.32 Å². The molecule has 27 heavy (non-hydrogen) atoms. The molecule has 4 aromatic rings. The number of aryl methyl sites for hydroxylation is 2. The van der Waals surface area contributed by atoms with Crippen molar-refractivity contribution in [3.63, 3.8) is 0 Å². The fourth-order valence-corrected chi connectivity index (χ4v) is 3.71. The van der Waals surface area contributed by atoms with E-state index in [1.165, 1.54) is 0 Å². The zero-order chi connectivity index (χ0) is 18.5. The summed E-state index contributed by atoms with van der Waals surface area (Å²) in [6.07, 6.45) is 1.93. The van der Waals surface area contributed by atoms with Gasteiger partial charge in [-0.3, -0.25) is 9.89 Å². The maximum absolute atomic E-state index is 12.5. The molecule has 1 aliphatic rings. The lowest BCUT2D eigenvalue weighted by atomic mass is 10.00. The third-order valence-corrected chi connectivity index (χ3v) is 5.02. The largest absolute Gasteiger partial charge is 0.359 e. The number of H-pyrrole nitrogens is 2. The number of hydrogen-bond acceptors (Lipinski definition) is 2. The van der Waals surface area contributed by atoms with E-state index in [0.717, 1.165) is 50.4 Å². The minimum atomic E-state index is -0.0827. The van der Waals surface area contributed by atoms with E-state index < -0.39 is 0 Å². The second-order valence-electron chi connectivity index (χ2n) is 6.94. The molecule has 132 valence electrons. The molecule has 0 bridgehead atoms. The van der Waals surface area contributed by atoms with E-state index >= 15 is 0 Å². The van der Waals surface area contributed by atoms with Gasteiger partial charge in [0.2, 0.25) is 0 Å². The van der Waals surface area contributed by atoms with Crippen molar-refractivity contribution in [3.05, 3.63) is 71.0 Å². The van der Waals surface area contributed by atoms with Crippen molar-refractivity contribution >= 4 is 34.1 Å². The number of hydrogen-bond donors (Lipinski definition) is 3. The van der Waals surface area contributed by atoms with Crippen molar-refractivity contribution in [2.75, 3.05) is 5.32 Å². The summed E-state index contributed by atoms with van der Waals surface area (Å²) in [6, 6.07) is 16.1. The molecule has 0 saturated heterocycles. The molecule has 5 nitrogen and oxygen atoms in total. The van der Waals surface area contributed by atoms with E-state index in [1.54, 1.807) is 0 Å². The fourth-order valence-electron chi connectivity index (χ4n) is 3.71. The molecule has 0 spiro atoms. The van der Waals surface area contributed by atoms with Crippen molar-refractivity contribution in [3.8, 4) is 11.3 Å². The number of fused-ring (bicyclic) bond motifs is 2. The number of aromatic nitrogens is 3. The summed E-state index contributed by atoms with van der Waals surface area (Å²) < 4.78 is 0. The zero-order valence-corrected chi connectivity index (χ0v) is 15.1. The van der Waals surface area contributed by atoms with Crippen molar-refractivity contribution in [1.29, 1.82) is 0 Å². The first-order valence-corrected chi connectivity index (χ1v) is 8.87. The van der Waals surface area contributed by atoms with Crippen LogP contribution in [0.25, 0.3) is 33.8 Å². The number of benzene rings is 2. The summed E-state index contributed by atoms with van der Waals surface area (Å²) in [5.41, 5.74) is 8.41. The van der Waals surface area contributed by atoms with Crippen LogP contribution in [0.3, 0.4) is 0 Å². The molecule has 3 heterocycles. The molecule has 2 aromatic carbocycles. The maximum Gasteiger partial charge on any atom is 0.256 e. The van der Waals surface area contributed by atoms with Crippen LogP contribution in [0.2, 0.25) is 0 Å². The Kier molecular flexibility index (Phi) is 3.31. The number of carbonyl (C=O) groups excluding carboxylic acids is 1. The molecule has 0 fully saturated rings. The molecular formula is C22H18N4O. The normalized spacial score (nSPS) is 14.7. The van der Waals surface area contributed by atoms with Crippen molar-refractivity contribution < 1.29 is 4.79 Å². The highest BCUT2D eigenvalue weighted by atomic mass is 16.2. The van der Waals surface area contributed by atoms with Crippen molar-refractivity contribution in [2.24, 2.45) is 0 Å². The monoisotopic (exact) mass is 354 g/mol. The molecule has 2 aromatic heterocycles. The van der Waals surface area contributed by atoms with Crippen LogP contribution in [0.1, 0.15) is 22.5 Å². The van der Waals surface area contributed by atoms with Gasteiger partial charge >= 0.3 is 0 Å². The average Bonchev–Trinajstić information content (AvgIpc) is 3.31. The number of rotatable bonds is 2. The number of carbonyl (C=O) groups is 1. The molecule has 0 saturated carbocycles. The number of amides is 1. The summed E-state index contributed by atoms with van der Waals surface area (Å²) in [5, 5.41) is 11.6. The highest BCUT2D eigenvalue weighted by molar-refractivity contribution is 6.35. The van der Waals surface area contributed by atoms with Gasteiger partial charge in [-0.15, -0.1) is 0 Å². The van der Waals surface area contributed by atoms with Crippen LogP contribution in [-0.4, -0.2) is 21.1 Å². The minimum absolute atomic E-state index is 0.0827. The standard InChI is InChI=1S/C22H18N4O/c1-12-9-13(2)23-20(12)11-17-16-10-14(7-8-18(16)24-22(17)27)21-15-5-3-4-6-19(15)25-26-21/h3-11,23H,1-2H3,(H,24,27)(H,25,26)/b17-11-. The van der Waals surface area contributed by atoms with Gasteiger partial charge in [-0.05, 0) is 49.8 Å². The molecule has 1 amide bonds. The van der Waals surface area contributed by atoms with Gasteiger partial charge in [-0.2, -0.15) is 5.10 Å². The Morgan fingerprint density at radius 2 is 1.89 bits per heavy atom. The molecule has 5 rings (SSSR count). The summed E-state index contributed by atoms with van der Waals surface area (Å²) in [4.78, 5) is 15.9. The predicted octanol–water partition coefficient (Wildman–Crippen LogP) is 4.67. The van der Waals surface area contributed by atoms with E-state index in [1.807, 2.05) is 62.4 Å². The quantitative estimate of drug-likeness (QED) is 0.458. The van der Waals surface area contributed by atoms with Crippen LogP contribution in [0.5, 0.6) is 0 Å². The van der Waals surface area contributed by atoms with Gasteiger partial charge in [0.05, 0.1) is 16.8 Å². The van der Waals surface area contributed by atoms with Gasteiger partial charge in [0.1, 0.15) is 0 Å². The summed E-state index contributed by atoms with van der Waals surface area (Å²) >= 11 is 0. The van der Waals surface area contributed by atoms with Gasteiger partial charge in [0.25, 0.3) is 5.91 Å². The Balaban J connectivity index is 1.65. The van der Waals surface area contributed by atoms with Crippen LogP contribution >= 0.6 is 0 Å². The first-order chi connectivity index (χ1) is 13.1. The number of aromatic amines is 2. The van der Waals surface area contributed by atoms with Crippen LogP contribution in [-0.2, 0) is 4.79 Å². The minimum Gasteiger partial charge on any atom is -0.359 e. The Bertz CT molecular complexity index is 1240. The lowest BCUT2D eigenvalue weighted by Crippen LogP contribution is -2.03. The van der Waals surface area contributed by atoms with Gasteiger partial charge in [-0.25, -0.2) is 0 Å². The molecule has 0 atom stereocenters. The van der Waals surface area contributed by atoms with Gasteiger partial charge in [0.15, 0.2) is 0 Å². The molecular weight excluding hydrogens is 336 g/mol. The second kappa shape index (κ2) is 5.71. The second-order valence-corrected chi connectivity index (χ2v) is 6.94. The molecule has 0 radical (unpaired) electrons. The smallest absolute Gasteiger partial charge is 0.256 e. The Hall–Kier alpha value is -3.60. The lowest BCUT2D eigenvalue weighted by molar-refractivity contribution is -0.110. The zero-order valence-electron chi connectivity index (χ0n) is 15.1. The van der Waals surface area contributed by atoms with E-state index in [4.69, 9.17) is 0 Å². The first kappa shape index (κ1) is 15.6. The lowest BCUT2D eigenvalue weighted by Gasteiger charge is -2.03. The van der Waals surface area contributed by atoms with E-state index in [-0.39, 0.29) is 5.91 Å². The van der Waals surface area contributed by atoms with E-state index in [0.29, 0.717) is 5.57 Å². The van der Waals surface area contributed by atoms with Gasteiger partial charge in [-0.1, -0.05) is 24.3 Å². The third-order valence-electron chi connectivity index (χ3n) is 5.02. The fraction of sp³-hybridized carbons (Fsp3) is 0.0909. The average molecular weight is 354 g/mol. The van der Waals surface area contributed by atoms with Crippen molar-refractivity contribution in [1.82, 2.24) is 15.2 Å². The molecule has 0 aliphatic carbocycles. The number of nitrogens with one attached hydrogen (secondary N) is 3. The highest BCUT2D eigenvalue weighted by Crippen LogP contribution is 2.37. The number of para-hydroxylation sites is 1. The summed E-state index contributed by atoms with van der Waals surface area (Å²) in [6.45, 7) is 4.05. The first-order valence-electron chi connectivity index (χ1n) is 8.87. The Morgan fingerprint density at radius 1 is 1.04 bits per heavy atom. The molecule has 1 aliphatic heterocycles. The third kappa shape index (κ3) is 2.47. The number of nitrogens with zero attached hydrogens (tertiary/aromatic N) is 1. The van der Waals surface area contributed by atoms with Crippen LogP contribution in [0.4, 0.5) is 5.69 Å². The van der Waals surface area contributed by atoms with Crippen LogP contribution in [0.15, 0.2) is 48.5 Å². The topological polar surface area (TPSA) is 73.6 Å². The van der Waals surface area contributed by atoms with E-state index in [2.05, 4.69) is 26.6 Å².